The molecule has 1 heterocycles. The topological polar surface area (TPSA) is 25.2 Å². The van der Waals surface area contributed by atoms with Crippen LogP contribution >= 0.6 is 15.9 Å². The third kappa shape index (κ3) is 2.13. The third-order valence-corrected chi connectivity index (χ3v) is 4.38. The van der Waals surface area contributed by atoms with Gasteiger partial charge in [-0.25, -0.2) is 0 Å². The van der Waals surface area contributed by atoms with Crippen LogP contribution in [0.4, 0.5) is 0 Å². The number of rotatable bonds is 3. The monoisotopic (exact) mass is 305 g/mol. The molecule has 1 aliphatic rings. The van der Waals surface area contributed by atoms with Crippen LogP contribution in [0.1, 0.15) is 42.3 Å². The summed E-state index contributed by atoms with van der Waals surface area (Å²) in [6.07, 6.45) is 4.02. The lowest BCUT2D eigenvalue weighted by molar-refractivity contribution is 0.391. The van der Waals surface area contributed by atoms with Crippen LogP contribution in [0, 0.1) is 0 Å². The molecular weight excluding hydrogens is 290 g/mol. The Morgan fingerprint density at radius 3 is 3.00 bits per heavy atom. The van der Waals surface area contributed by atoms with Crippen molar-refractivity contribution in [2.45, 2.75) is 31.8 Å². The van der Waals surface area contributed by atoms with Gasteiger partial charge in [0, 0.05) is 10.5 Å². The molecule has 2 atom stereocenters. The summed E-state index contributed by atoms with van der Waals surface area (Å²) in [6, 6.07) is 11.1. The lowest BCUT2D eigenvalue weighted by Gasteiger charge is -2.19. The highest BCUT2D eigenvalue weighted by molar-refractivity contribution is 9.10. The predicted molar refractivity (Wildman–Crippen MR) is 75.5 cm³/mol. The van der Waals surface area contributed by atoms with Crippen LogP contribution in [-0.4, -0.2) is 0 Å². The van der Waals surface area contributed by atoms with Crippen molar-refractivity contribution >= 4 is 15.9 Å². The van der Waals surface area contributed by atoms with E-state index >= 15 is 0 Å². The van der Waals surface area contributed by atoms with Crippen LogP contribution in [0.15, 0.2) is 45.5 Å². The van der Waals surface area contributed by atoms with Crippen molar-refractivity contribution in [2.24, 2.45) is 0 Å². The second kappa shape index (κ2) is 4.90. The molecule has 1 aromatic carbocycles. The quantitative estimate of drug-likeness (QED) is 0.910. The maximum absolute atomic E-state index is 5.45. The second-order valence-corrected chi connectivity index (χ2v) is 5.66. The van der Waals surface area contributed by atoms with Gasteiger partial charge in [0.05, 0.1) is 12.3 Å². The Kier molecular flexibility index (Phi) is 3.27. The molecule has 3 heteroatoms. The minimum atomic E-state index is 0.245. The number of fused-ring (bicyclic) bond motifs is 1. The average molecular weight is 306 g/mol. The molecule has 3 rings (SSSR count). The van der Waals surface area contributed by atoms with Gasteiger partial charge in [-0.2, -0.15) is 0 Å². The molecule has 0 bridgehead atoms. The van der Waals surface area contributed by atoms with E-state index in [1.165, 1.54) is 15.6 Å². The minimum Gasteiger partial charge on any atom is -0.468 e. The first-order valence-corrected chi connectivity index (χ1v) is 7.12. The van der Waals surface area contributed by atoms with Gasteiger partial charge in [-0.1, -0.05) is 28.1 Å². The standard InChI is InChI=1S/C15H16BrNO/c1-10(15-6-3-9-18-15)17-14-8-7-11-12(14)4-2-5-13(11)16/h2-6,9-10,14,17H,7-8H2,1H3/t10-,14?/m0/s1. The van der Waals surface area contributed by atoms with Gasteiger partial charge in [0.25, 0.3) is 0 Å². The lowest BCUT2D eigenvalue weighted by Crippen LogP contribution is -2.22. The van der Waals surface area contributed by atoms with Crippen molar-refractivity contribution in [3.63, 3.8) is 0 Å². The summed E-state index contributed by atoms with van der Waals surface area (Å²) in [5.74, 6) is 0.999. The lowest BCUT2D eigenvalue weighted by atomic mass is 10.1. The fourth-order valence-corrected chi connectivity index (χ4v) is 3.28. The van der Waals surface area contributed by atoms with Gasteiger partial charge in [-0.05, 0) is 49.1 Å². The van der Waals surface area contributed by atoms with E-state index in [0.717, 1.165) is 18.6 Å². The smallest absolute Gasteiger partial charge is 0.120 e. The Bertz CT molecular complexity index is 535. The average Bonchev–Trinajstić information content (AvgIpc) is 2.99. The normalized spacial score (nSPS) is 19.8. The number of furan rings is 1. The first kappa shape index (κ1) is 12.0. The molecule has 2 aromatic rings. The predicted octanol–water partition coefficient (Wildman–Crippen LogP) is 4.38. The van der Waals surface area contributed by atoms with Gasteiger partial charge in [0.15, 0.2) is 0 Å². The van der Waals surface area contributed by atoms with Crippen molar-refractivity contribution in [2.75, 3.05) is 0 Å². The SMILES string of the molecule is C[C@H](NC1CCc2c(Br)cccc21)c1ccco1. The summed E-state index contributed by atoms with van der Waals surface area (Å²) in [5.41, 5.74) is 2.87. The number of hydrogen-bond donors (Lipinski definition) is 1. The van der Waals surface area contributed by atoms with Gasteiger partial charge in [-0.3, -0.25) is 0 Å². The Labute approximate surface area is 116 Å². The fraction of sp³-hybridized carbons (Fsp3) is 0.333. The molecule has 18 heavy (non-hydrogen) atoms. The van der Waals surface area contributed by atoms with Crippen molar-refractivity contribution in [3.05, 3.63) is 58.0 Å². The van der Waals surface area contributed by atoms with Crippen molar-refractivity contribution < 1.29 is 4.42 Å². The summed E-state index contributed by atoms with van der Waals surface area (Å²) in [6.45, 7) is 2.15. The largest absolute Gasteiger partial charge is 0.468 e. The second-order valence-electron chi connectivity index (χ2n) is 4.80. The molecule has 0 spiro atoms. The van der Waals surface area contributed by atoms with Crippen LogP contribution in [0.2, 0.25) is 0 Å². The third-order valence-electron chi connectivity index (χ3n) is 3.63. The van der Waals surface area contributed by atoms with Crippen LogP contribution in [0.25, 0.3) is 0 Å². The maximum Gasteiger partial charge on any atom is 0.120 e. The highest BCUT2D eigenvalue weighted by Crippen LogP contribution is 2.36. The minimum absolute atomic E-state index is 0.245. The van der Waals surface area contributed by atoms with E-state index in [0.29, 0.717) is 6.04 Å². The molecule has 0 radical (unpaired) electrons. The zero-order valence-corrected chi connectivity index (χ0v) is 11.9. The molecule has 0 aliphatic heterocycles. The van der Waals surface area contributed by atoms with Gasteiger partial charge in [0.2, 0.25) is 0 Å². The Morgan fingerprint density at radius 1 is 1.33 bits per heavy atom. The van der Waals surface area contributed by atoms with Crippen LogP contribution < -0.4 is 5.32 Å². The van der Waals surface area contributed by atoms with E-state index in [1.54, 1.807) is 6.26 Å². The van der Waals surface area contributed by atoms with Crippen LogP contribution in [0.5, 0.6) is 0 Å². The van der Waals surface area contributed by atoms with Gasteiger partial charge < -0.3 is 9.73 Å². The number of hydrogen-bond acceptors (Lipinski definition) is 2. The molecule has 2 nitrogen and oxygen atoms in total. The van der Waals surface area contributed by atoms with Gasteiger partial charge in [0.1, 0.15) is 5.76 Å². The zero-order chi connectivity index (χ0) is 12.5. The number of nitrogens with one attached hydrogen (secondary N) is 1. The molecular formula is C15H16BrNO. The van der Waals surface area contributed by atoms with E-state index in [9.17, 15) is 0 Å². The molecule has 1 N–H and O–H groups in total. The number of benzene rings is 1. The van der Waals surface area contributed by atoms with E-state index in [-0.39, 0.29) is 6.04 Å². The van der Waals surface area contributed by atoms with E-state index in [4.69, 9.17) is 4.42 Å². The number of halogens is 1. The first-order chi connectivity index (χ1) is 8.75. The molecule has 0 amide bonds. The molecule has 1 unspecified atom stereocenters. The summed E-state index contributed by atoms with van der Waals surface area (Å²) in [5, 5.41) is 3.65. The zero-order valence-electron chi connectivity index (χ0n) is 10.3. The van der Waals surface area contributed by atoms with E-state index in [1.807, 2.05) is 12.1 Å². The van der Waals surface area contributed by atoms with Crippen molar-refractivity contribution in [3.8, 4) is 0 Å². The highest BCUT2D eigenvalue weighted by Gasteiger charge is 2.25. The molecule has 0 saturated heterocycles. The van der Waals surface area contributed by atoms with Gasteiger partial charge >= 0.3 is 0 Å². The molecule has 1 aliphatic carbocycles. The molecule has 0 saturated carbocycles. The Morgan fingerprint density at radius 2 is 2.22 bits per heavy atom. The van der Waals surface area contributed by atoms with Crippen LogP contribution in [0.3, 0.4) is 0 Å². The van der Waals surface area contributed by atoms with Gasteiger partial charge in [-0.15, -0.1) is 0 Å². The maximum atomic E-state index is 5.45. The summed E-state index contributed by atoms with van der Waals surface area (Å²) in [4.78, 5) is 0. The van der Waals surface area contributed by atoms with E-state index in [2.05, 4.69) is 46.4 Å². The summed E-state index contributed by atoms with van der Waals surface area (Å²) in [7, 11) is 0. The fourth-order valence-electron chi connectivity index (χ4n) is 2.70. The Balaban J connectivity index is 1.79. The van der Waals surface area contributed by atoms with Crippen LogP contribution in [-0.2, 0) is 6.42 Å². The molecule has 94 valence electrons. The van der Waals surface area contributed by atoms with Crippen molar-refractivity contribution in [1.29, 1.82) is 0 Å². The highest BCUT2D eigenvalue weighted by atomic mass is 79.9. The first-order valence-electron chi connectivity index (χ1n) is 6.32. The van der Waals surface area contributed by atoms with E-state index < -0.39 is 0 Å². The summed E-state index contributed by atoms with van der Waals surface area (Å²) >= 11 is 3.63. The Hall–Kier alpha value is -1.06. The van der Waals surface area contributed by atoms with Crippen molar-refractivity contribution in [1.82, 2.24) is 5.32 Å². The molecule has 0 fully saturated rings. The summed E-state index contributed by atoms with van der Waals surface area (Å²) < 4.78 is 6.68. The molecule has 1 aromatic heterocycles.